The molecule has 10 heterocycles. The largest absolute Gasteiger partial charge is 0.478 e. The van der Waals surface area contributed by atoms with Gasteiger partial charge in [-0.05, 0) is 132 Å². The minimum absolute atomic E-state index is 0.0133. The van der Waals surface area contributed by atoms with Gasteiger partial charge in [-0.15, -0.1) is 0 Å². The predicted octanol–water partition coefficient (Wildman–Crippen LogP) is 24.3. The first-order valence-electron chi connectivity index (χ1n) is 37.5. The van der Waals surface area contributed by atoms with E-state index >= 15 is 0 Å². The Bertz CT molecular complexity index is 6260. The van der Waals surface area contributed by atoms with E-state index in [0.29, 0.717) is 97.1 Å². The van der Waals surface area contributed by atoms with Gasteiger partial charge in [0, 0.05) is 69.3 Å². The Balaban J connectivity index is 0.000000135. The van der Waals surface area contributed by atoms with Crippen molar-refractivity contribution in [1.82, 2.24) is 54.4 Å². The molecule has 4 aliphatic rings. The van der Waals surface area contributed by atoms with Gasteiger partial charge in [-0.2, -0.15) is 20.4 Å². The Labute approximate surface area is 764 Å². The van der Waals surface area contributed by atoms with Crippen LogP contribution < -0.4 is 32.3 Å². The average molecular weight is 1900 g/mol. The summed E-state index contributed by atoms with van der Waals surface area (Å²) in [6.07, 6.45) is 10.3. The van der Waals surface area contributed by atoms with Crippen LogP contribution in [-0.2, 0) is 14.2 Å². The summed E-state index contributed by atoms with van der Waals surface area (Å²) in [7, 11) is 0. The van der Waals surface area contributed by atoms with Crippen LogP contribution in [0.15, 0.2) is 298 Å². The van der Waals surface area contributed by atoms with Crippen molar-refractivity contribution in [2.75, 3.05) is 34.4 Å². The van der Waals surface area contributed by atoms with Crippen molar-refractivity contribution in [3.05, 3.63) is 375 Å². The van der Waals surface area contributed by atoms with Crippen molar-refractivity contribution in [1.29, 1.82) is 0 Å². The molecule has 14 aromatic rings. The minimum Gasteiger partial charge on any atom is -0.478 e. The number of oxazole rings is 2. The van der Waals surface area contributed by atoms with Crippen LogP contribution in [0, 0.1) is 0 Å². The van der Waals surface area contributed by atoms with E-state index in [2.05, 4.69) is 90.7 Å². The number of carbonyl (C=O) groups excluding carboxylic acids is 3. The first-order chi connectivity index (χ1) is 59.5. The number of carbonyl (C=O) groups is 4. The summed E-state index contributed by atoms with van der Waals surface area (Å²) in [4.78, 5) is 57.2. The molecule has 8 N–H and O–H groups in total. The van der Waals surface area contributed by atoms with Crippen LogP contribution in [0.2, 0.25) is 40.2 Å². The second-order valence-corrected chi connectivity index (χ2v) is 37.5. The zero-order chi connectivity index (χ0) is 88.2. The van der Waals surface area contributed by atoms with E-state index in [1.807, 2.05) is 164 Å². The lowest BCUT2D eigenvalue weighted by atomic mass is 9.94. The van der Waals surface area contributed by atoms with Gasteiger partial charge in [-0.25, -0.2) is 33.5 Å². The summed E-state index contributed by atoms with van der Waals surface area (Å²) in [5.41, 5.74) is 17.3. The average Bonchev–Trinajstić information content (AvgIpc) is 1.54. The summed E-state index contributed by atoms with van der Waals surface area (Å²) in [5.74, 6) is 4.19. The van der Waals surface area contributed by atoms with Gasteiger partial charge in [0.15, 0.2) is 23.1 Å². The van der Waals surface area contributed by atoms with Gasteiger partial charge in [0.25, 0.3) is 5.91 Å². The molecule has 36 heteroatoms. The monoisotopic (exact) mass is 1890 g/mol. The molecular weight excluding hydrogens is 1830 g/mol. The molecule has 4 unspecified atom stereocenters. The number of amides is 1. The number of nitrogens with zero attached hydrogens (tertiary/aromatic N) is 10. The molecule has 0 saturated carbocycles. The molecule has 0 bridgehead atoms. The molecule has 1 amide bonds. The Kier molecular flexibility index (Phi) is 29.7. The van der Waals surface area contributed by atoms with Gasteiger partial charge in [0.2, 0.25) is 11.8 Å². The third kappa shape index (κ3) is 21.4. The van der Waals surface area contributed by atoms with Crippen LogP contribution in [0.3, 0.4) is 0 Å². The highest BCUT2D eigenvalue weighted by Crippen LogP contribution is 2.61. The smallest absolute Gasteiger partial charge is 0.339 e. The van der Waals surface area contributed by atoms with Crippen molar-refractivity contribution < 1.29 is 37.7 Å². The van der Waals surface area contributed by atoms with Gasteiger partial charge in [0.05, 0.1) is 113 Å². The van der Waals surface area contributed by atoms with Gasteiger partial charge in [-0.3, -0.25) is 18.9 Å². The van der Waals surface area contributed by atoms with Crippen LogP contribution in [0.5, 0.6) is 0 Å². The summed E-state index contributed by atoms with van der Waals surface area (Å²) in [6.45, 7) is 7.52. The number of benzene rings is 8. The molecule has 18 rings (SSSR count). The van der Waals surface area contributed by atoms with Crippen LogP contribution in [0.25, 0.3) is 33.8 Å². The predicted molar refractivity (Wildman–Crippen MR) is 493 cm³/mol. The number of allylic oxidation sites excluding steroid dienone is 6. The highest BCUT2D eigenvalue weighted by atomic mass is 36.0. The molecule has 0 aliphatic carbocycles. The number of ketones is 2. The van der Waals surface area contributed by atoms with E-state index < -0.39 is 23.3 Å². The fourth-order valence-corrected chi connectivity index (χ4v) is 15.1. The zero-order valence-electron chi connectivity index (χ0n) is 65.4. The molecular formula is C88H70Cl11N16O8P. The van der Waals surface area contributed by atoms with Gasteiger partial charge in [0.1, 0.15) is 47.4 Å². The van der Waals surface area contributed by atoms with E-state index in [-0.39, 0.29) is 48.2 Å². The number of anilines is 4. The normalized spacial score (nSPS) is 15.3. The first kappa shape index (κ1) is 90.6. The van der Waals surface area contributed by atoms with Crippen LogP contribution in [0.4, 0.5) is 23.3 Å². The van der Waals surface area contributed by atoms with Gasteiger partial charge in [-0.1, -0.05) is 238 Å². The fraction of sp³-hybridized carbons (Fsp3) is 0.114. The summed E-state index contributed by atoms with van der Waals surface area (Å²) < 4.78 is 29.0. The van der Waals surface area contributed by atoms with Crippen molar-refractivity contribution in [2.24, 2.45) is 5.73 Å². The number of aliphatic carboxylic acids is 1. The maximum atomic E-state index is 13.2. The second-order valence-electron chi connectivity index (χ2n) is 27.6. The van der Waals surface area contributed by atoms with Crippen molar-refractivity contribution in [3.63, 3.8) is 0 Å². The van der Waals surface area contributed by atoms with Crippen LogP contribution in [-0.4, -0.2) is 90.7 Å². The maximum absolute atomic E-state index is 13.2. The van der Waals surface area contributed by atoms with Crippen molar-refractivity contribution >= 4 is 190 Å². The minimum atomic E-state index is -3.22. The molecule has 4 aliphatic heterocycles. The Morgan fingerprint density at radius 2 is 0.710 bits per heavy atom. The van der Waals surface area contributed by atoms with Gasteiger partial charge >= 0.3 is 11.2 Å². The van der Waals surface area contributed by atoms with Crippen molar-refractivity contribution in [3.8, 4) is 22.6 Å². The number of carboxylic acid groups (broad SMARTS) is 1. The molecule has 0 radical (unpaired) electrons. The van der Waals surface area contributed by atoms with Crippen LogP contribution >= 0.6 is 132 Å². The summed E-state index contributed by atoms with van der Waals surface area (Å²) in [6, 6.07) is 65.1. The molecule has 8 aromatic carbocycles. The number of nitrogens with two attached hydrogens (primary N) is 1. The fourth-order valence-electron chi connectivity index (χ4n) is 13.9. The Morgan fingerprint density at radius 3 is 1.04 bits per heavy atom. The second kappa shape index (κ2) is 40.7. The molecule has 24 nitrogen and oxygen atoms in total. The number of hydrogen-bond acceptors (Lipinski definition) is 18. The van der Waals surface area contributed by atoms with E-state index in [1.54, 1.807) is 138 Å². The summed E-state index contributed by atoms with van der Waals surface area (Å²) in [5, 5.41) is 43.3. The molecule has 0 saturated heterocycles. The summed E-state index contributed by atoms with van der Waals surface area (Å²) >= 11 is 63.1. The first-order valence-corrected chi connectivity index (χ1v) is 44.9. The number of carboxylic acids is 1. The molecule has 0 fully saturated rings. The van der Waals surface area contributed by atoms with E-state index in [0.717, 1.165) is 73.6 Å². The lowest BCUT2D eigenvalue weighted by Crippen LogP contribution is -2.37. The number of rotatable bonds is 15. The number of aromatic nitrogens is 10. The lowest BCUT2D eigenvalue weighted by Gasteiger charge is -2.30. The number of Topliss-reactive ketones (excluding diaryl/α,β-unsaturated/α-hetero) is 2. The molecule has 6 aromatic heterocycles. The molecule has 0 spiro atoms. The standard InChI is InChI=1S/C22H18Cl2N4O2.2C22H16Cl2N4O.C14H11Cl2N3O2.C8H9NO.Cl3OP/c1-13-20(22(30)25-12-18(29)14-5-3-2-4-6-14)21(28-19(27-13)9-10-26-28)15-7-8-16(23)17(24)11-15;2*1-13-20(22-25-12-18(29-22)14-5-3-2-4-6-14)21(28-19(27-13)9-10-26-28)15-7-8-16(23)17(24)11-15;1-7-12(14(20)21)13(19-11(18-7)4-5-17-19)8-2-3-9(15)10(16)6-8;9-6-8(10)7-4-2-1-3-5-7;1-5(2,3)4/h2-11,21,27H,12H2,1H3,(H,25,30);2*2-12,21,27H,1H3;2-6,13,18H,1H3,(H,20,21);1-5H,6,9H2;. The maximum Gasteiger partial charge on any atom is 0.339 e. The number of nitrogens with one attached hydrogen (secondary N) is 5. The van der Waals surface area contributed by atoms with Crippen LogP contribution in [0.1, 0.15) is 107 Å². The van der Waals surface area contributed by atoms with Gasteiger partial charge < -0.3 is 46.3 Å². The van der Waals surface area contributed by atoms with E-state index in [4.69, 9.17) is 107 Å². The highest BCUT2D eigenvalue weighted by Gasteiger charge is 2.38. The zero-order valence-corrected chi connectivity index (χ0v) is 74.6. The SMILES string of the molecule is CC1=C(C(=O)NCC(=O)c2ccccc2)C(c2ccc(Cl)c(Cl)c2)n2nccc2N1.CC1=C(C(=O)O)C(c2ccc(Cl)c(Cl)c2)n2nccc2N1.CC1=C(c2ncc(-c3ccccc3)o2)C(c2ccc(Cl)c(Cl)c2)n2nccc2N1.CC1=C(c2ncc(-c3ccccc3)o2)C(c2ccc(Cl)c(Cl)c2)n2nccc2N1.NCC(=O)c1ccccc1.O=P(Cl)(Cl)Cl. The van der Waals surface area contributed by atoms with E-state index in [9.17, 15) is 28.8 Å². The molecule has 4 atom stereocenters. The quantitative estimate of drug-likeness (QED) is 0.0370. The highest BCUT2D eigenvalue weighted by molar-refractivity contribution is 8.24. The topological polar surface area (TPSA) is 315 Å². The molecule has 124 heavy (non-hydrogen) atoms. The Morgan fingerprint density at radius 1 is 0.411 bits per heavy atom. The third-order valence-corrected chi connectivity index (χ3v) is 22.5. The Hall–Kier alpha value is -11.2. The van der Waals surface area contributed by atoms with Crippen molar-refractivity contribution in [2.45, 2.75) is 51.9 Å². The number of halogens is 11. The lowest BCUT2D eigenvalue weighted by molar-refractivity contribution is -0.133. The number of fused-ring (bicyclic) bond motifs is 4. The number of hydrogen-bond donors (Lipinski definition) is 7. The third-order valence-electron chi connectivity index (χ3n) is 19.5. The van der Waals surface area contributed by atoms with E-state index in [1.165, 1.54) is 0 Å². The molecule has 632 valence electrons.